The van der Waals surface area contributed by atoms with Gasteiger partial charge in [-0.05, 0) is 43.6 Å². The Balaban J connectivity index is 1.76. The molecule has 3 rings (SSSR count). The zero-order chi connectivity index (χ0) is 16.2. The molecule has 2 aromatic heterocycles. The van der Waals surface area contributed by atoms with Crippen molar-refractivity contribution in [3.8, 4) is 0 Å². The third kappa shape index (κ3) is 3.82. The minimum Gasteiger partial charge on any atom is -0.299 e. The Morgan fingerprint density at radius 2 is 2.17 bits per heavy atom. The first-order valence-corrected chi connectivity index (χ1v) is 9.00. The highest BCUT2D eigenvalue weighted by atomic mass is 79.9. The van der Waals surface area contributed by atoms with Crippen molar-refractivity contribution in [2.24, 2.45) is 0 Å². The molecule has 1 atom stereocenters. The quantitative estimate of drug-likeness (QED) is 0.832. The van der Waals surface area contributed by atoms with Crippen LogP contribution in [-0.4, -0.2) is 28.2 Å². The largest absolute Gasteiger partial charge is 0.299 e. The SMILES string of the molecule is CN1CCCCC1c1ccc(Nn2cc(CBr)ccc2=O)nc1. The van der Waals surface area contributed by atoms with E-state index in [1.54, 1.807) is 12.3 Å². The van der Waals surface area contributed by atoms with Crippen LogP contribution in [0.3, 0.4) is 0 Å². The molecule has 2 aromatic rings. The highest BCUT2D eigenvalue weighted by molar-refractivity contribution is 9.08. The molecule has 0 saturated carbocycles. The van der Waals surface area contributed by atoms with Crippen molar-refractivity contribution < 1.29 is 0 Å². The van der Waals surface area contributed by atoms with E-state index in [2.05, 4.69) is 44.4 Å². The second-order valence-electron chi connectivity index (χ2n) is 5.96. The van der Waals surface area contributed by atoms with Gasteiger partial charge in [0, 0.05) is 29.8 Å². The van der Waals surface area contributed by atoms with E-state index in [1.165, 1.54) is 29.5 Å². The van der Waals surface area contributed by atoms with E-state index in [4.69, 9.17) is 0 Å². The normalized spacial score (nSPS) is 18.8. The van der Waals surface area contributed by atoms with Gasteiger partial charge >= 0.3 is 0 Å². The summed E-state index contributed by atoms with van der Waals surface area (Å²) in [4.78, 5) is 18.8. The van der Waals surface area contributed by atoms with Crippen LogP contribution >= 0.6 is 15.9 Å². The molecule has 0 spiro atoms. The maximum absolute atomic E-state index is 11.9. The smallest absolute Gasteiger partial charge is 0.269 e. The van der Waals surface area contributed by atoms with Gasteiger partial charge in [-0.3, -0.25) is 15.1 Å². The fourth-order valence-electron chi connectivity index (χ4n) is 2.99. The lowest BCUT2D eigenvalue weighted by molar-refractivity contribution is 0.187. The molecule has 0 radical (unpaired) electrons. The van der Waals surface area contributed by atoms with Crippen LogP contribution in [0.15, 0.2) is 41.5 Å². The first-order chi connectivity index (χ1) is 11.2. The van der Waals surface area contributed by atoms with Crippen molar-refractivity contribution >= 4 is 21.7 Å². The van der Waals surface area contributed by atoms with Crippen molar-refractivity contribution in [1.29, 1.82) is 0 Å². The molecule has 6 heteroatoms. The van der Waals surface area contributed by atoms with Gasteiger partial charge in [0.15, 0.2) is 0 Å². The van der Waals surface area contributed by atoms with Crippen LogP contribution in [0.1, 0.15) is 36.4 Å². The van der Waals surface area contributed by atoms with E-state index in [1.807, 2.05) is 18.3 Å². The number of rotatable bonds is 4. The number of piperidine rings is 1. The van der Waals surface area contributed by atoms with Crippen LogP contribution in [0, 0.1) is 0 Å². The molecular weight excluding hydrogens is 356 g/mol. The Hall–Kier alpha value is -1.66. The highest BCUT2D eigenvalue weighted by Gasteiger charge is 2.20. The molecule has 1 fully saturated rings. The van der Waals surface area contributed by atoms with Crippen molar-refractivity contribution in [3.63, 3.8) is 0 Å². The number of pyridine rings is 2. The average Bonchev–Trinajstić information content (AvgIpc) is 2.58. The molecule has 0 amide bonds. The number of likely N-dealkylation sites (tertiary alicyclic amines) is 1. The molecule has 1 aliphatic rings. The Morgan fingerprint density at radius 3 is 2.87 bits per heavy atom. The van der Waals surface area contributed by atoms with Crippen LogP contribution in [0.4, 0.5) is 5.82 Å². The number of alkyl halides is 1. The fraction of sp³-hybridized carbons (Fsp3) is 0.412. The first-order valence-electron chi connectivity index (χ1n) is 7.88. The van der Waals surface area contributed by atoms with Gasteiger partial charge in [-0.25, -0.2) is 9.66 Å². The molecule has 1 aliphatic heterocycles. The highest BCUT2D eigenvalue weighted by Crippen LogP contribution is 2.29. The van der Waals surface area contributed by atoms with E-state index < -0.39 is 0 Å². The Labute approximate surface area is 144 Å². The molecule has 0 aromatic carbocycles. The van der Waals surface area contributed by atoms with Gasteiger partial charge in [0.1, 0.15) is 5.82 Å². The topological polar surface area (TPSA) is 50.2 Å². The van der Waals surface area contributed by atoms with Crippen LogP contribution in [-0.2, 0) is 5.33 Å². The maximum Gasteiger partial charge on any atom is 0.269 e. The lowest BCUT2D eigenvalue weighted by Gasteiger charge is -2.32. The van der Waals surface area contributed by atoms with E-state index in [0.29, 0.717) is 17.2 Å². The summed E-state index contributed by atoms with van der Waals surface area (Å²) in [6, 6.07) is 7.84. The lowest BCUT2D eigenvalue weighted by Crippen LogP contribution is -2.29. The van der Waals surface area contributed by atoms with Gasteiger partial charge in [-0.15, -0.1) is 0 Å². The van der Waals surface area contributed by atoms with Crippen LogP contribution in [0.5, 0.6) is 0 Å². The molecule has 1 N–H and O–H groups in total. The third-order valence-corrected chi connectivity index (χ3v) is 4.95. The van der Waals surface area contributed by atoms with Crippen LogP contribution in [0.2, 0.25) is 0 Å². The fourth-order valence-corrected chi connectivity index (χ4v) is 3.32. The molecular formula is C17H21BrN4O. The van der Waals surface area contributed by atoms with Crippen LogP contribution in [0.25, 0.3) is 0 Å². The summed E-state index contributed by atoms with van der Waals surface area (Å²) in [7, 11) is 2.17. The Kier molecular flexibility index (Phi) is 5.13. The number of hydrogen-bond acceptors (Lipinski definition) is 4. The zero-order valence-corrected chi connectivity index (χ0v) is 14.8. The number of halogens is 1. The summed E-state index contributed by atoms with van der Waals surface area (Å²) in [5, 5.41) is 0.704. The molecule has 0 bridgehead atoms. The molecule has 1 saturated heterocycles. The molecule has 3 heterocycles. The van der Waals surface area contributed by atoms with Crippen molar-refractivity contribution in [2.45, 2.75) is 30.6 Å². The Morgan fingerprint density at radius 1 is 1.30 bits per heavy atom. The predicted molar refractivity (Wildman–Crippen MR) is 95.8 cm³/mol. The summed E-state index contributed by atoms with van der Waals surface area (Å²) in [5.74, 6) is 0.668. The first kappa shape index (κ1) is 16.2. The predicted octanol–water partition coefficient (Wildman–Crippen LogP) is 3.17. The second kappa shape index (κ2) is 7.27. The zero-order valence-electron chi connectivity index (χ0n) is 13.2. The average molecular weight is 377 g/mol. The van der Waals surface area contributed by atoms with Gasteiger partial charge in [0.2, 0.25) is 0 Å². The van der Waals surface area contributed by atoms with Gasteiger partial charge in [-0.1, -0.05) is 34.5 Å². The monoisotopic (exact) mass is 376 g/mol. The minimum atomic E-state index is -0.104. The maximum atomic E-state index is 11.9. The van der Waals surface area contributed by atoms with Gasteiger partial charge in [-0.2, -0.15) is 0 Å². The molecule has 5 nitrogen and oxygen atoms in total. The second-order valence-corrected chi connectivity index (χ2v) is 6.52. The molecule has 1 unspecified atom stereocenters. The third-order valence-electron chi connectivity index (χ3n) is 4.30. The van der Waals surface area contributed by atoms with Crippen molar-refractivity contribution in [1.82, 2.24) is 14.6 Å². The summed E-state index contributed by atoms with van der Waals surface area (Å²) >= 11 is 3.40. The summed E-state index contributed by atoms with van der Waals surface area (Å²) in [5.41, 5.74) is 5.20. The molecule has 122 valence electrons. The number of aromatic nitrogens is 2. The van der Waals surface area contributed by atoms with E-state index in [9.17, 15) is 4.79 Å². The van der Waals surface area contributed by atoms with E-state index >= 15 is 0 Å². The van der Waals surface area contributed by atoms with Crippen LogP contribution < -0.4 is 11.0 Å². The lowest BCUT2D eigenvalue weighted by atomic mass is 9.97. The summed E-state index contributed by atoms with van der Waals surface area (Å²) in [6.45, 7) is 1.14. The van der Waals surface area contributed by atoms with Gasteiger partial charge in [0.25, 0.3) is 5.56 Å². The summed E-state index contributed by atoms with van der Waals surface area (Å²) < 4.78 is 1.46. The number of nitrogens with zero attached hydrogens (tertiary/aromatic N) is 3. The van der Waals surface area contributed by atoms with Gasteiger partial charge in [0.05, 0.1) is 0 Å². The molecule has 23 heavy (non-hydrogen) atoms. The van der Waals surface area contributed by atoms with Gasteiger partial charge < -0.3 is 0 Å². The van der Waals surface area contributed by atoms with Crippen molar-refractivity contribution in [2.75, 3.05) is 19.0 Å². The molecule has 0 aliphatic carbocycles. The minimum absolute atomic E-state index is 0.104. The van der Waals surface area contributed by atoms with E-state index in [-0.39, 0.29) is 5.56 Å². The number of hydrogen-bond donors (Lipinski definition) is 1. The summed E-state index contributed by atoms with van der Waals surface area (Å²) in [6.07, 6.45) is 7.41. The van der Waals surface area contributed by atoms with Crippen molar-refractivity contribution in [3.05, 3.63) is 58.1 Å². The van der Waals surface area contributed by atoms with E-state index in [0.717, 1.165) is 12.1 Å². The number of nitrogens with one attached hydrogen (secondary N) is 1. The standard InChI is InChI=1S/C17H21BrN4O/c1-21-9-3-2-4-15(21)14-6-7-16(19-11-14)20-22-12-13(10-18)5-8-17(22)23/h5-8,11-12,15H,2-4,9-10H2,1H3,(H,19,20). The Bertz CT molecular complexity index is 713. The number of anilines is 1.